The van der Waals surface area contributed by atoms with Crippen LogP contribution in [0.2, 0.25) is 0 Å². The Labute approximate surface area is 210 Å². The molecule has 0 N–H and O–H groups in total. The number of alkyl halides is 7. The van der Waals surface area contributed by atoms with Crippen LogP contribution in [0.15, 0.2) is 54.6 Å². The number of halogens is 10. The molecule has 0 amide bonds. The molecule has 0 saturated carbocycles. The summed E-state index contributed by atoms with van der Waals surface area (Å²) < 4.78 is 146. The SMILES string of the molecule is CCCCCc1ccc(C(F)(F)Oc2ccc(C(F)(F)Oc3cc(F)c(C(F)(F)F)c(F)c3)cc2)c(F)c1. The molecule has 0 radical (unpaired) electrons. The van der Waals surface area contributed by atoms with E-state index in [0.29, 0.717) is 36.2 Å². The summed E-state index contributed by atoms with van der Waals surface area (Å²) in [6.07, 6.45) is -10.8. The molecular weight excluding hydrogens is 534 g/mol. The fraction of sp³-hybridized carbons (Fsp3) is 0.308. The lowest BCUT2D eigenvalue weighted by molar-refractivity contribution is -0.188. The lowest BCUT2D eigenvalue weighted by atomic mass is 10.0. The van der Waals surface area contributed by atoms with E-state index in [1.165, 1.54) is 6.07 Å². The third-order valence-corrected chi connectivity index (χ3v) is 5.40. The van der Waals surface area contributed by atoms with Crippen molar-refractivity contribution in [3.05, 3.63) is 94.3 Å². The van der Waals surface area contributed by atoms with Crippen molar-refractivity contribution in [2.45, 2.75) is 51.0 Å². The summed E-state index contributed by atoms with van der Waals surface area (Å²) in [5.41, 5.74) is -3.83. The van der Waals surface area contributed by atoms with Gasteiger partial charge in [0, 0.05) is 12.1 Å². The monoisotopic (exact) mass is 554 g/mol. The molecule has 0 unspecified atom stereocenters. The van der Waals surface area contributed by atoms with Crippen molar-refractivity contribution in [3.63, 3.8) is 0 Å². The molecule has 3 aromatic carbocycles. The minimum Gasteiger partial charge on any atom is -0.429 e. The first-order chi connectivity index (χ1) is 17.6. The molecule has 38 heavy (non-hydrogen) atoms. The van der Waals surface area contributed by atoms with Crippen LogP contribution >= 0.6 is 0 Å². The number of unbranched alkanes of at least 4 members (excludes halogenated alkanes) is 2. The van der Waals surface area contributed by atoms with Gasteiger partial charge in [-0.1, -0.05) is 25.8 Å². The maximum Gasteiger partial charge on any atom is 0.429 e. The molecule has 0 spiro atoms. The minimum atomic E-state index is -5.41. The summed E-state index contributed by atoms with van der Waals surface area (Å²) in [5, 5.41) is 0. The zero-order chi connectivity index (χ0) is 28.3. The van der Waals surface area contributed by atoms with Crippen LogP contribution in [-0.4, -0.2) is 0 Å². The van der Waals surface area contributed by atoms with Crippen molar-refractivity contribution < 1.29 is 53.4 Å². The van der Waals surface area contributed by atoms with Gasteiger partial charge in [-0.25, -0.2) is 13.2 Å². The highest BCUT2D eigenvalue weighted by molar-refractivity contribution is 5.35. The Bertz CT molecular complexity index is 1230. The summed E-state index contributed by atoms with van der Waals surface area (Å²) in [5.74, 6) is -7.44. The van der Waals surface area contributed by atoms with Crippen LogP contribution in [0.4, 0.5) is 43.9 Å². The number of ether oxygens (including phenoxy) is 2. The second-order valence-corrected chi connectivity index (χ2v) is 8.29. The first kappa shape index (κ1) is 29.1. The Kier molecular flexibility index (Phi) is 8.52. The topological polar surface area (TPSA) is 18.5 Å². The Morgan fingerprint density at radius 2 is 1.21 bits per heavy atom. The van der Waals surface area contributed by atoms with Gasteiger partial charge in [-0.3, -0.25) is 0 Å². The molecule has 0 atom stereocenters. The third-order valence-electron chi connectivity index (χ3n) is 5.40. The summed E-state index contributed by atoms with van der Waals surface area (Å²) in [6.45, 7) is 1.98. The molecule has 0 aliphatic rings. The molecule has 206 valence electrons. The summed E-state index contributed by atoms with van der Waals surface area (Å²) in [6, 6.07) is 5.56. The first-order valence-electron chi connectivity index (χ1n) is 11.2. The minimum absolute atomic E-state index is 0.0680. The van der Waals surface area contributed by atoms with Gasteiger partial charge < -0.3 is 9.47 Å². The van der Waals surface area contributed by atoms with E-state index in [0.717, 1.165) is 31.4 Å². The average Bonchev–Trinajstić information content (AvgIpc) is 2.77. The third kappa shape index (κ3) is 6.90. The van der Waals surface area contributed by atoms with Crippen LogP contribution in [0.3, 0.4) is 0 Å². The average molecular weight is 554 g/mol. The van der Waals surface area contributed by atoms with Gasteiger partial charge in [-0.05, 0) is 54.8 Å². The second-order valence-electron chi connectivity index (χ2n) is 8.29. The number of rotatable bonds is 10. The van der Waals surface area contributed by atoms with E-state index in [1.807, 2.05) is 6.92 Å². The number of hydrogen-bond acceptors (Lipinski definition) is 2. The van der Waals surface area contributed by atoms with Gasteiger partial charge in [0.1, 0.15) is 34.5 Å². The Morgan fingerprint density at radius 3 is 1.74 bits per heavy atom. The predicted octanol–water partition coefficient (Wildman–Crippen LogP) is 9.11. The molecule has 0 saturated heterocycles. The zero-order valence-electron chi connectivity index (χ0n) is 19.6. The van der Waals surface area contributed by atoms with E-state index in [4.69, 9.17) is 0 Å². The van der Waals surface area contributed by atoms with Crippen LogP contribution in [0.25, 0.3) is 0 Å². The van der Waals surface area contributed by atoms with E-state index in [2.05, 4.69) is 9.47 Å². The molecule has 0 fully saturated rings. The van der Waals surface area contributed by atoms with Gasteiger partial charge in [0.25, 0.3) is 0 Å². The van der Waals surface area contributed by atoms with Crippen molar-refractivity contribution in [1.82, 2.24) is 0 Å². The Hall–Kier alpha value is -3.44. The standard InChI is InChI=1S/C26H20F10O2/c1-2-3-4-5-15-6-11-19(20(27)12-15)26(35,36)37-17-9-7-16(8-10-17)25(33,34)38-18-13-21(28)23(22(29)14-18)24(30,31)32/h6-14H,2-5H2,1H3. The number of benzene rings is 3. The van der Waals surface area contributed by atoms with Gasteiger partial charge in [-0.15, -0.1) is 0 Å². The largest absolute Gasteiger partial charge is 0.429 e. The van der Waals surface area contributed by atoms with Crippen LogP contribution in [0, 0.1) is 17.5 Å². The summed E-state index contributed by atoms with van der Waals surface area (Å²) in [4.78, 5) is 0. The summed E-state index contributed by atoms with van der Waals surface area (Å²) >= 11 is 0. The molecule has 12 heteroatoms. The molecule has 0 bridgehead atoms. The number of hydrogen-bond donors (Lipinski definition) is 0. The van der Waals surface area contributed by atoms with Crippen molar-refractivity contribution in [2.75, 3.05) is 0 Å². The molecule has 0 aliphatic heterocycles. The smallest absolute Gasteiger partial charge is 0.429 e. The summed E-state index contributed by atoms with van der Waals surface area (Å²) in [7, 11) is 0. The lowest BCUT2D eigenvalue weighted by Crippen LogP contribution is -2.24. The van der Waals surface area contributed by atoms with Crippen molar-refractivity contribution in [1.29, 1.82) is 0 Å². The van der Waals surface area contributed by atoms with Crippen LogP contribution in [-0.2, 0) is 24.8 Å². The highest BCUT2D eigenvalue weighted by Crippen LogP contribution is 2.39. The van der Waals surface area contributed by atoms with Crippen LogP contribution in [0.5, 0.6) is 11.5 Å². The zero-order valence-corrected chi connectivity index (χ0v) is 19.6. The van der Waals surface area contributed by atoms with E-state index in [-0.39, 0.29) is 12.1 Å². The van der Waals surface area contributed by atoms with Crippen molar-refractivity contribution in [2.24, 2.45) is 0 Å². The maximum atomic E-state index is 14.6. The molecule has 3 aromatic rings. The van der Waals surface area contributed by atoms with Gasteiger partial charge in [0.2, 0.25) is 0 Å². The van der Waals surface area contributed by atoms with Crippen molar-refractivity contribution in [3.8, 4) is 11.5 Å². The molecule has 0 aromatic heterocycles. The Morgan fingerprint density at radius 1 is 0.632 bits per heavy atom. The van der Waals surface area contributed by atoms with E-state index < -0.39 is 64.0 Å². The lowest BCUT2D eigenvalue weighted by Gasteiger charge is -2.21. The molecular formula is C26H20F10O2. The van der Waals surface area contributed by atoms with Gasteiger partial charge >= 0.3 is 18.4 Å². The quantitative estimate of drug-likeness (QED) is 0.184. The van der Waals surface area contributed by atoms with Crippen LogP contribution < -0.4 is 9.47 Å². The van der Waals surface area contributed by atoms with E-state index in [1.54, 1.807) is 0 Å². The van der Waals surface area contributed by atoms with Crippen LogP contribution in [0.1, 0.15) is 48.4 Å². The first-order valence-corrected chi connectivity index (χ1v) is 11.2. The van der Waals surface area contributed by atoms with Crippen molar-refractivity contribution >= 4 is 0 Å². The normalized spacial score (nSPS) is 12.5. The fourth-order valence-corrected chi connectivity index (χ4v) is 3.54. The highest BCUT2D eigenvalue weighted by atomic mass is 19.4. The van der Waals surface area contributed by atoms with Gasteiger partial charge in [0.15, 0.2) is 0 Å². The highest BCUT2D eigenvalue weighted by Gasteiger charge is 2.41. The van der Waals surface area contributed by atoms with E-state index in [9.17, 15) is 43.9 Å². The second kappa shape index (κ2) is 11.1. The molecule has 3 rings (SSSR count). The maximum absolute atomic E-state index is 14.6. The molecule has 0 aliphatic carbocycles. The number of aryl methyl sites for hydroxylation is 1. The molecule has 0 heterocycles. The molecule has 2 nitrogen and oxygen atoms in total. The van der Waals surface area contributed by atoms with E-state index >= 15 is 0 Å². The Balaban J connectivity index is 1.74. The predicted molar refractivity (Wildman–Crippen MR) is 116 cm³/mol. The fourth-order valence-electron chi connectivity index (χ4n) is 3.54. The van der Waals surface area contributed by atoms with Gasteiger partial charge in [-0.2, -0.15) is 30.7 Å². The van der Waals surface area contributed by atoms with Gasteiger partial charge in [0.05, 0.1) is 11.1 Å².